The average Bonchev–Trinajstić information content (AvgIpc) is 2.87. The summed E-state index contributed by atoms with van der Waals surface area (Å²) in [7, 11) is 0.183. The molecule has 6 heteroatoms. The molecule has 0 aliphatic carbocycles. The highest BCUT2D eigenvalue weighted by Gasteiger charge is 2.31. The molecule has 0 saturated carbocycles. The van der Waals surface area contributed by atoms with Crippen molar-refractivity contribution in [1.82, 2.24) is 4.90 Å². The van der Waals surface area contributed by atoms with E-state index in [0.717, 1.165) is 5.69 Å². The van der Waals surface area contributed by atoms with Gasteiger partial charge in [0, 0.05) is 31.0 Å². The first kappa shape index (κ1) is 34.8. The molecule has 0 aliphatic heterocycles. The van der Waals surface area contributed by atoms with Crippen LogP contribution in [0, 0.1) is 0 Å². The van der Waals surface area contributed by atoms with Gasteiger partial charge in [-0.2, -0.15) is 8.78 Å². The van der Waals surface area contributed by atoms with Crippen molar-refractivity contribution in [2.45, 2.75) is 104 Å². The number of benzene rings is 2. The molecule has 2 aromatic rings. The SMILES string of the molecule is C/C=C(/Nc1ccc(-c2ccccc2)cc1)N(C)C(CCC)CCC.CC(C)S(=O)C(C)(F)F.CCC. The predicted molar refractivity (Wildman–Crippen MR) is 160 cm³/mol. The van der Waals surface area contributed by atoms with Gasteiger partial charge in [-0.05, 0) is 49.1 Å². The normalized spacial score (nSPS) is 12.3. The van der Waals surface area contributed by atoms with E-state index in [9.17, 15) is 13.0 Å². The Balaban J connectivity index is 0.000000904. The Morgan fingerprint density at radius 2 is 1.41 bits per heavy atom. The van der Waals surface area contributed by atoms with Crippen LogP contribution in [-0.2, 0) is 10.8 Å². The first-order chi connectivity index (χ1) is 17.5. The highest BCUT2D eigenvalue weighted by Crippen LogP contribution is 2.23. The third-order valence-electron chi connectivity index (χ3n) is 5.49. The first-order valence-corrected chi connectivity index (χ1v) is 14.8. The highest BCUT2D eigenvalue weighted by atomic mass is 32.2. The van der Waals surface area contributed by atoms with Crippen LogP contribution >= 0.6 is 0 Å². The Morgan fingerprint density at radius 3 is 1.76 bits per heavy atom. The summed E-state index contributed by atoms with van der Waals surface area (Å²) >= 11 is 0. The van der Waals surface area contributed by atoms with E-state index < -0.39 is 21.3 Å². The maximum absolute atomic E-state index is 12.1. The van der Waals surface area contributed by atoms with Crippen molar-refractivity contribution in [2.24, 2.45) is 0 Å². The minimum absolute atomic E-state index is 0.468. The molecule has 2 rings (SSSR count). The molecule has 0 heterocycles. The van der Waals surface area contributed by atoms with Gasteiger partial charge in [-0.1, -0.05) is 103 Å². The van der Waals surface area contributed by atoms with E-state index in [1.807, 2.05) is 0 Å². The van der Waals surface area contributed by atoms with Gasteiger partial charge < -0.3 is 10.2 Å². The van der Waals surface area contributed by atoms with Crippen molar-refractivity contribution in [2.75, 3.05) is 12.4 Å². The van der Waals surface area contributed by atoms with Crippen LogP contribution in [0.25, 0.3) is 11.1 Å². The summed E-state index contributed by atoms with van der Waals surface area (Å²) in [6.45, 7) is 14.6. The van der Waals surface area contributed by atoms with Crippen LogP contribution in [0.2, 0.25) is 0 Å². The van der Waals surface area contributed by atoms with E-state index in [2.05, 4.69) is 113 Å². The summed E-state index contributed by atoms with van der Waals surface area (Å²) in [6, 6.07) is 19.8. The van der Waals surface area contributed by atoms with Gasteiger partial charge in [-0.15, -0.1) is 0 Å². The van der Waals surface area contributed by atoms with Gasteiger partial charge in [0.2, 0.25) is 0 Å². The van der Waals surface area contributed by atoms with Crippen LogP contribution in [0.15, 0.2) is 66.5 Å². The fourth-order valence-corrected chi connectivity index (χ4v) is 4.52. The van der Waals surface area contributed by atoms with Crippen LogP contribution in [0.5, 0.6) is 0 Å². The number of hydrogen-bond acceptors (Lipinski definition) is 3. The molecule has 0 radical (unpaired) electrons. The van der Waals surface area contributed by atoms with Crippen molar-refractivity contribution in [3.05, 3.63) is 66.5 Å². The smallest absolute Gasteiger partial charge is 0.318 e. The van der Waals surface area contributed by atoms with Crippen molar-refractivity contribution in [3.8, 4) is 11.1 Å². The number of hydrogen-bond donors (Lipinski definition) is 1. The van der Waals surface area contributed by atoms with Gasteiger partial charge >= 0.3 is 5.25 Å². The molecule has 1 N–H and O–H groups in total. The van der Waals surface area contributed by atoms with E-state index >= 15 is 0 Å². The molecule has 0 amide bonds. The topological polar surface area (TPSA) is 32.3 Å². The summed E-state index contributed by atoms with van der Waals surface area (Å²) in [6.07, 6.45) is 8.32. The Bertz CT molecular complexity index is 888. The fourth-order valence-electron chi connectivity index (χ4n) is 3.70. The number of allylic oxidation sites excluding steroid dienone is 1. The largest absolute Gasteiger partial charge is 0.359 e. The summed E-state index contributed by atoms with van der Waals surface area (Å²) in [5.41, 5.74) is 3.63. The summed E-state index contributed by atoms with van der Waals surface area (Å²) < 4.78 is 34.7. The van der Waals surface area contributed by atoms with E-state index in [4.69, 9.17) is 0 Å². The summed E-state index contributed by atoms with van der Waals surface area (Å²) in [5, 5.41) is 0.0764. The molecule has 3 nitrogen and oxygen atoms in total. The fraction of sp³-hybridized carbons (Fsp3) is 0.548. The minimum atomic E-state index is -3.05. The maximum Gasteiger partial charge on any atom is 0.318 e. The Labute approximate surface area is 228 Å². The third-order valence-corrected chi connectivity index (χ3v) is 7.05. The molecule has 0 spiro atoms. The molecule has 0 fully saturated rings. The number of alkyl halides is 2. The zero-order chi connectivity index (χ0) is 28.4. The highest BCUT2D eigenvalue weighted by molar-refractivity contribution is 7.86. The molecule has 0 aromatic heterocycles. The zero-order valence-electron chi connectivity index (χ0n) is 24.5. The summed E-state index contributed by atoms with van der Waals surface area (Å²) in [4.78, 5) is 2.40. The monoisotopic (exact) mass is 536 g/mol. The number of nitrogens with one attached hydrogen (secondary N) is 1. The zero-order valence-corrected chi connectivity index (χ0v) is 25.3. The second-order valence-electron chi connectivity index (χ2n) is 9.45. The molecule has 0 saturated heterocycles. The predicted octanol–water partition coefficient (Wildman–Crippen LogP) is 9.70. The van der Waals surface area contributed by atoms with Gasteiger partial charge in [0.05, 0.1) is 10.8 Å². The lowest BCUT2D eigenvalue weighted by molar-refractivity contribution is 0.121. The molecule has 37 heavy (non-hydrogen) atoms. The van der Waals surface area contributed by atoms with Gasteiger partial charge in [0.25, 0.3) is 0 Å². The number of nitrogens with zero attached hydrogens (tertiary/aromatic N) is 1. The first-order valence-electron chi connectivity index (χ1n) is 13.6. The lowest BCUT2D eigenvalue weighted by atomic mass is 10.0. The van der Waals surface area contributed by atoms with Crippen molar-refractivity contribution >= 4 is 16.5 Å². The van der Waals surface area contributed by atoms with E-state index in [1.165, 1.54) is 62.9 Å². The lowest BCUT2D eigenvalue weighted by Crippen LogP contribution is -2.33. The van der Waals surface area contributed by atoms with Crippen molar-refractivity contribution in [1.29, 1.82) is 0 Å². The molecule has 2 aromatic carbocycles. The van der Waals surface area contributed by atoms with Crippen LogP contribution in [0.4, 0.5) is 14.5 Å². The summed E-state index contributed by atoms with van der Waals surface area (Å²) in [5.74, 6) is 1.18. The van der Waals surface area contributed by atoms with Crippen LogP contribution in [0.3, 0.4) is 0 Å². The van der Waals surface area contributed by atoms with Crippen molar-refractivity contribution < 1.29 is 13.0 Å². The second-order valence-corrected chi connectivity index (χ2v) is 11.7. The Hall–Kier alpha value is -2.21. The molecule has 210 valence electrons. The second kappa shape index (κ2) is 18.9. The van der Waals surface area contributed by atoms with Gasteiger partial charge in [0.15, 0.2) is 0 Å². The molecule has 0 bridgehead atoms. The molecular formula is C31H50F2N2OS. The third kappa shape index (κ3) is 13.8. The van der Waals surface area contributed by atoms with Crippen LogP contribution in [0.1, 0.15) is 87.5 Å². The number of halogens is 2. The molecule has 1 unspecified atom stereocenters. The van der Waals surface area contributed by atoms with E-state index in [0.29, 0.717) is 13.0 Å². The minimum Gasteiger partial charge on any atom is -0.359 e. The van der Waals surface area contributed by atoms with Gasteiger partial charge in [-0.25, -0.2) is 0 Å². The van der Waals surface area contributed by atoms with E-state index in [-0.39, 0.29) is 0 Å². The quantitative estimate of drug-likeness (QED) is 0.310. The maximum atomic E-state index is 12.1. The standard InChI is InChI=1S/C23H32N2.C5H10F2OS.C3H8/c1-5-11-22(12-6-2)25(4)23(7-3)24-21-17-15-20(16-18-21)19-13-9-8-10-14-19;1-4(2)9(8)5(3,6)7;1-3-2/h7-10,13-18,22,24H,5-6,11-12H2,1-4H3;4H,1-3H3;3H2,1-2H3/b23-7-;;. The number of anilines is 1. The number of rotatable bonds is 11. The van der Waals surface area contributed by atoms with Crippen LogP contribution < -0.4 is 5.32 Å². The average molecular weight is 537 g/mol. The molecule has 1 atom stereocenters. The van der Waals surface area contributed by atoms with Crippen LogP contribution in [-0.4, -0.2) is 32.7 Å². The Kier molecular flexibility index (Phi) is 17.8. The van der Waals surface area contributed by atoms with Gasteiger partial charge in [0.1, 0.15) is 5.82 Å². The lowest BCUT2D eigenvalue weighted by Gasteiger charge is -2.32. The van der Waals surface area contributed by atoms with E-state index in [1.54, 1.807) is 0 Å². The van der Waals surface area contributed by atoms with Crippen molar-refractivity contribution in [3.63, 3.8) is 0 Å². The molecular weight excluding hydrogens is 486 g/mol. The Morgan fingerprint density at radius 1 is 0.946 bits per heavy atom. The van der Waals surface area contributed by atoms with Gasteiger partial charge in [-0.3, -0.25) is 4.21 Å². The molecule has 0 aliphatic rings.